The third-order valence-corrected chi connectivity index (χ3v) is 3.72. The quantitative estimate of drug-likeness (QED) is 0.931. The van der Waals surface area contributed by atoms with E-state index in [1.807, 2.05) is 0 Å². The molecule has 0 heterocycles. The highest BCUT2D eigenvalue weighted by Crippen LogP contribution is 2.23. The van der Waals surface area contributed by atoms with Gasteiger partial charge in [-0.3, -0.25) is 4.79 Å². The molecule has 0 unspecified atom stereocenters. The van der Waals surface area contributed by atoms with Crippen LogP contribution in [0.5, 0.6) is 5.75 Å². The van der Waals surface area contributed by atoms with E-state index in [4.69, 9.17) is 0 Å². The molecule has 0 aliphatic carbocycles. The van der Waals surface area contributed by atoms with Gasteiger partial charge in [-0.2, -0.15) is 0 Å². The molecule has 2 aromatic rings. The number of rotatable bonds is 3. The number of phenols is 1. The number of hydrogen-bond donors (Lipinski definition) is 1. The number of nitrogens with zero attached hydrogens (tertiary/aromatic N) is 1. The molecule has 116 valence electrons. The number of amides is 1. The van der Waals surface area contributed by atoms with E-state index in [0.717, 1.165) is 5.56 Å². The van der Waals surface area contributed by atoms with Gasteiger partial charge in [-0.25, -0.2) is 0 Å². The molecule has 1 amide bonds. The maximum atomic E-state index is 12.4. The summed E-state index contributed by atoms with van der Waals surface area (Å²) < 4.78 is 0. The average Bonchev–Trinajstić information content (AvgIpc) is 2.46. The molecule has 3 nitrogen and oxygen atoms in total. The first kappa shape index (κ1) is 16.1. The van der Waals surface area contributed by atoms with Crippen molar-refractivity contribution in [1.82, 2.24) is 4.90 Å². The predicted molar refractivity (Wildman–Crippen MR) is 89.0 cm³/mol. The second kappa shape index (κ2) is 6.22. The van der Waals surface area contributed by atoms with Gasteiger partial charge in [-0.1, -0.05) is 57.2 Å². The van der Waals surface area contributed by atoms with Crippen LogP contribution in [0.3, 0.4) is 0 Å². The molecule has 1 N–H and O–H groups in total. The van der Waals surface area contributed by atoms with E-state index < -0.39 is 0 Å². The summed E-state index contributed by atoms with van der Waals surface area (Å²) in [5, 5.41) is 9.77. The topological polar surface area (TPSA) is 40.5 Å². The van der Waals surface area contributed by atoms with Gasteiger partial charge in [-0.15, -0.1) is 0 Å². The molecular formula is C19H23NO2. The van der Waals surface area contributed by atoms with E-state index >= 15 is 0 Å². The van der Waals surface area contributed by atoms with Crippen LogP contribution < -0.4 is 0 Å². The maximum Gasteiger partial charge on any atom is 0.257 e. The molecule has 0 atom stereocenters. The van der Waals surface area contributed by atoms with Crippen molar-refractivity contribution in [3.8, 4) is 5.75 Å². The molecule has 0 radical (unpaired) electrons. The summed E-state index contributed by atoms with van der Waals surface area (Å²) in [6, 6.07) is 14.9. The molecular weight excluding hydrogens is 274 g/mol. The van der Waals surface area contributed by atoms with E-state index in [1.54, 1.807) is 30.1 Å². The van der Waals surface area contributed by atoms with E-state index in [1.165, 1.54) is 11.6 Å². The largest absolute Gasteiger partial charge is 0.507 e. The van der Waals surface area contributed by atoms with Crippen molar-refractivity contribution in [3.05, 3.63) is 65.2 Å². The summed E-state index contributed by atoms with van der Waals surface area (Å²) in [4.78, 5) is 14.0. The molecule has 0 aromatic heterocycles. The Balaban J connectivity index is 2.10. The van der Waals surface area contributed by atoms with E-state index in [9.17, 15) is 9.90 Å². The number of benzene rings is 2. The Hall–Kier alpha value is -2.29. The van der Waals surface area contributed by atoms with Gasteiger partial charge in [0.15, 0.2) is 0 Å². The molecule has 0 aliphatic rings. The number of carbonyl (C=O) groups excluding carboxylic acids is 1. The van der Waals surface area contributed by atoms with E-state index in [0.29, 0.717) is 12.1 Å². The van der Waals surface area contributed by atoms with E-state index in [2.05, 4.69) is 45.0 Å². The zero-order chi connectivity index (χ0) is 16.3. The molecule has 2 rings (SSSR count). The number of aromatic hydroxyl groups is 1. The molecule has 2 aromatic carbocycles. The molecule has 0 spiro atoms. The zero-order valence-corrected chi connectivity index (χ0v) is 13.6. The molecule has 0 bridgehead atoms. The second-order valence-electron chi connectivity index (χ2n) is 6.63. The van der Waals surface area contributed by atoms with Crippen LogP contribution in [0.15, 0.2) is 48.5 Å². The van der Waals surface area contributed by atoms with Gasteiger partial charge in [0.25, 0.3) is 5.91 Å². The minimum Gasteiger partial charge on any atom is -0.507 e. The van der Waals surface area contributed by atoms with Crippen LogP contribution in [0.1, 0.15) is 42.3 Å². The highest BCUT2D eigenvalue weighted by molar-refractivity contribution is 5.96. The van der Waals surface area contributed by atoms with Crippen LogP contribution >= 0.6 is 0 Å². The highest BCUT2D eigenvalue weighted by atomic mass is 16.3. The van der Waals surface area contributed by atoms with Crippen molar-refractivity contribution < 1.29 is 9.90 Å². The Morgan fingerprint density at radius 3 is 2.18 bits per heavy atom. The van der Waals surface area contributed by atoms with Gasteiger partial charge >= 0.3 is 0 Å². The van der Waals surface area contributed by atoms with Gasteiger partial charge in [0, 0.05) is 13.6 Å². The summed E-state index contributed by atoms with van der Waals surface area (Å²) >= 11 is 0. The van der Waals surface area contributed by atoms with Gasteiger partial charge < -0.3 is 10.0 Å². The van der Waals surface area contributed by atoms with Crippen molar-refractivity contribution >= 4 is 5.91 Å². The third kappa shape index (κ3) is 3.67. The van der Waals surface area contributed by atoms with Crippen molar-refractivity contribution in [2.24, 2.45) is 0 Å². The number of hydrogen-bond acceptors (Lipinski definition) is 2. The lowest BCUT2D eigenvalue weighted by Crippen LogP contribution is -2.26. The number of carbonyl (C=O) groups is 1. The third-order valence-electron chi connectivity index (χ3n) is 3.72. The van der Waals surface area contributed by atoms with Crippen LogP contribution in [-0.4, -0.2) is 23.0 Å². The number of para-hydroxylation sites is 1. The van der Waals surface area contributed by atoms with Crippen molar-refractivity contribution in [3.63, 3.8) is 0 Å². The maximum absolute atomic E-state index is 12.4. The van der Waals surface area contributed by atoms with Crippen LogP contribution in [0, 0.1) is 0 Å². The predicted octanol–water partition coefficient (Wildman–Crippen LogP) is 3.96. The van der Waals surface area contributed by atoms with Crippen molar-refractivity contribution in [1.29, 1.82) is 0 Å². The van der Waals surface area contributed by atoms with Crippen LogP contribution in [-0.2, 0) is 12.0 Å². The lowest BCUT2D eigenvalue weighted by atomic mass is 9.87. The van der Waals surface area contributed by atoms with Gasteiger partial charge in [-0.05, 0) is 28.7 Å². The Morgan fingerprint density at radius 2 is 1.64 bits per heavy atom. The fourth-order valence-electron chi connectivity index (χ4n) is 2.32. The summed E-state index contributed by atoms with van der Waals surface area (Å²) in [6.45, 7) is 7.04. The minimum absolute atomic E-state index is 0.0161. The molecule has 22 heavy (non-hydrogen) atoms. The van der Waals surface area contributed by atoms with Gasteiger partial charge in [0.2, 0.25) is 0 Å². The molecule has 0 saturated heterocycles. The standard InChI is InChI=1S/C19H23NO2/c1-19(2,3)15-11-9-14(10-12-15)13-20(4)18(22)16-7-5-6-8-17(16)21/h5-12,21H,13H2,1-4H3. The van der Waals surface area contributed by atoms with E-state index in [-0.39, 0.29) is 17.1 Å². The molecule has 3 heteroatoms. The zero-order valence-electron chi connectivity index (χ0n) is 13.6. The van der Waals surface area contributed by atoms with Crippen molar-refractivity contribution in [2.45, 2.75) is 32.7 Å². The monoisotopic (exact) mass is 297 g/mol. The summed E-state index contributed by atoms with van der Waals surface area (Å²) in [5.41, 5.74) is 2.79. The lowest BCUT2D eigenvalue weighted by molar-refractivity contribution is 0.0782. The van der Waals surface area contributed by atoms with Gasteiger partial charge in [0.1, 0.15) is 5.75 Å². The smallest absolute Gasteiger partial charge is 0.257 e. The van der Waals surface area contributed by atoms with Gasteiger partial charge in [0.05, 0.1) is 5.56 Å². The Kier molecular flexibility index (Phi) is 4.55. The van der Waals surface area contributed by atoms with Crippen molar-refractivity contribution in [2.75, 3.05) is 7.05 Å². The number of phenolic OH excluding ortho intramolecular Hbond substituents is 1. The Bertz CT molecular complexity index is 654. The summed E-state index contributed by atoms with van der Waals surface area (Å²) in [5.74, 6) is -0.166. The minimum atomic E-state index is -0.182. The average molecular weight is 297 g/mol. The fourth-order valence-corrected chi connectivity index (χ4v) is 2.32. The Labute approximate surface area is 132 Å². The molecule has 0 saturated carbocycles. The summed E-state index contributed by atoms with van der Waals surface area (Å²) in [6.07, 6.45) is 0. The van der Waals surface area contributed by atoms with Crippen LogP contribution in [0.25, 0.3) is 0 Å². The highest BCUT2D eigenvalue weighted by Gasteiger charge is 2.16. The lowest BCUT2D eigenvalue weighted by Gasteiger charge is -2.21. The SMILES string of the molecule is CN(Cc1ccc(C(C)(C)C)cc1)C(=O)c1ccccc1O. The molecule has 0 fully saturated rings. The summed E-state index contributed by atoms with van der Waals surface area (Å²) in [7, 11) is 1.74. The van der Waals surface area contributed by atoms with Crippen LogP contribution in [0.4, 0.5) is 0 Å². The Morgan fingerprint density at radius 1 is 1.05 bits per heavy atom. The first-order valence-corrected chi connectivity index (χ1v) is 7.42. The first-order valence-electron chi connectivity index (χ1n) is 7.42. The van der Waals surface area contributed by atoms with Crippen LogP contribution in [0.2, 0.25) is 0 Å². The second-order valence-corrected chi connectivity index (χ2v) is 6.63. The fraction of sp³-hybridized carbons (Fsp3) is 0.316. The first-order chi connectivity index (χ1) is 10.3. The normalized spacial score (nSPS) is 11.3. The molecule has 0 aliphatic heterocycles.